The van der Waals surface area contributed by atoms with Crippen LogP contribution in [0.2, 0.25) is 0 Å². The van der Waals surface area contributed by atoms with Gasteiger partial charge in [0.25, 0.3) is 5.91 Å². The van der Waals surface area contributed by atoms with Gasteiger partial charge in [0.1, 0.15) is 0 Å². The Morgan fingerprint density at radius 2 is 1.67 bits per heavy atom. The van der Waals surface area contributed by atoms with Gasteiger partial charge in [-0.2, -0.15) is 5.26 Å². The zero-order valence-electron chi connectivity index (χ0n) is 9.35. The molecular weight excluding hydrogens is 339 g/mol. The number of hydrogen-bond donors (Lipinski definition) is 1. The lowest BCUT2D eigenvalue weighted by Crippen LogP contribution is -2.11. The van der Waals surface area contributed by atoms with Crippen molar-refractivity contribution in [3.05, 3.63) is 63.2 Å². The minimum atomic E-state index is -0.156. The lowest BCUT2D eigenvalue weighted by Gasteiger charge is -2.05. The van der Waals surface area contributed by atoms with Crippen molar-refractivity contribution < 1.29 is 4.79 Å². The first kappa shape index (κ1) is 12.6. The van der Waals surface area contributed by atoms with Crippen LogP contribution >= 0.6 is 22.6 Å². The summed E-state index contributed by atoms with van der Waals surface area (Å²) >= 11 is 2.19. The number of carbonyl (C=O) groups excluding carboxylic acids is 1. The van der Waals surface area contributed by atoms with Crippen LogP contribution in [-0.2, 0) is 0 Å². The van der Waals surface area contributed by atoms with E-state index in [0.29, 0.717) is 16.8 Å². The van der Waals surface area contributed by atoms with Gasteiger partial charge < -0.3 is 5.32 Å². The number of hydrogen-bond acceptors (Lipinski definition) is 2. The maximum Gasteiger partial charge on any atom is 0.255 e. The summed E-state index contributed by atoms with van der Waals surface area (Å²) in [7, 11) is 0. The maximum absolute atomic E-state index is 11.9. The van der Waals surface area contributed by atoms with Gasteiger partial charge in [0.2, 0.25) is 0 Å². The van der Waals surface area contributed by atoms with Gasteiger partial charge >= 0.3 is 0 Å². The molecule has 18 heavy (non-hydrogen) atoms. The molecular formula is C14H9IN2O. The van der Waals surface area contributed by atoms with E-state index in [2.05, 4.69) is 27.9 Å². The molecule has 4 heteroatoms. The highest BCUT2D eigenvalue weighted by Gasteiger charge is 2.05. The van der Waals surface area contributed by atoms with Crippen molar-refractivity contribution in [2.75, 3.05) is 5.32 Å². The van der Waals surface area contributed by atoms with E-state index in [-0.39, 0.29) is 5.91 Å². The molecule has 0 spiro atoms. The van der Waals surface area contributed by atoms with E-state index in [9.17, 15) is 4.79 Å². The third-order valence-electron chi connectivity index (χ3n) is 2.38. The van der Waals surface area contributed by atoms with Crippen LogP contribution in [0.3, 0.4) is 0 Å². The van der Waals surface area contributed by atoms with Crippen LogP contribution in [0.25, 0.3) is 0 Å². The zero-order valence-corrected chi connectivity index (χ0v) is 11.5. The molecule has 2 aromatic carbocycles. The molecule has 0 aliphatic heterocycles. The van der Waals surface area contributed by atoms with Crippen molar-refractivity contribution in [2.24, 2.45) is 0 Å². The van der Waals surface area contributed by atoms with Gasteiger partial charge in [0.15, 0.2) is 0 Å². The van der Waals surface area contributed by atoms with E-state index >= 15 is 0 Å². The third kappa shape index (κ3) is 3.08. The molecule has 88 valence electrons. The Bertz CT molecular complexity index is 597. The van der Waals surface area contributed by atoms with Gasteiger partial charge in [-0.3, -0.25) is 4.79 Å². The van der Waals surface area contributed by atoms with Crippen LogP contribution < -0.4 is 5.32 Å². The first-order chi connectivity index (χ1) is 8.69. The highest BCUT2D eigenvalue weighted by molar-refractivity contribution is 14.1. The number of halogens is 1. The van der Waals surface area contributed by atoms with Crippen molar-refractivity contribution in [2.45, 2.75) is 0 Å². The number of benzene rings is 2. The molecule has 0 radical (unpaired) electrons. The van der Waals surface area contributed by atoms with Crippen LogP contribution in [-0.4, -0.2) is 5.91 Å². The molecule has 0 aromatic heterocycles. The fraction of sp³-hybridized carbons (Fsp3) is 0. The van der Waals surface area contributed by atoms with E-state index < -0.39 is 0 Å². The number of nitrogens with zero attached hydrogens (tertiary/aromatic N) is 1. The normalized spacial score (nSPS) is 9.56. The van der Waals surface area contributed by atoms with E-state index in [4.69, 9.17) is 5.26 Å². The second-order valence-corrected chi connectivity index (χ2v) is 4.90. The Labute approximate surface area is 119 Å². The average Bonchev–Trinajstić information content (AvgIpc) is 2.40. The van der Waals surface area contributed by atoms with Crippen LogP contribution in [0.5, 0.6) is 0 Å². The van der Waals surface area contributed by atoms with Crippen molar-refractivity contribution in [1.29, 1.82) is 5.26 Å². The first-order valence-electron chi connectivity index (χ1n) is 5.26. The summed E-state index contributed by atoms with van der Waals surface area (Å²) in [6, 6.07) is 16.1. The Morgan fingerprint density at radius 1 is 1.06 bits per heavy atom. The lowest BCUT2D eigenvalue weighted by atomic mass is 10.2. The van der Waals surface area contributed by atoms with Crippen molar-refractivity contribution in [3.63, 3.8) is 0 Å². The predicted octanol–water partition coefficient (Wildman–Crippen LogP) is 3.42. The van der Waals surface area contributed by atoms with Gasteiger partial charge in [-0.1, -0.05) is 0 Å². The molecule has 0 heterocycles. The molecule has 0 aliphatic carbocycles. The Hall–Kier alpha value is -1.87. The van der Waals surface area contributed by atoms with Gasteiger partial charge in [-0.05, 0) is 71.1 Å². The molecule has 2 rings (SSSR count). The summed E-state index contributed by atoms with van der Waals surface area (Å²) in [6.45, 7) is 0. The molecule has 0 aliphatic rings. The summed E-state index contributed by atoms with van der Waals surface area (Å²) in [5.41, 5.74) is 1.86. The van der Waals surface area contributed by atoms with Gasteiger partial charge in [-0.15, -0.1) is 0 Å². The van der Waals surface area contributed by atoms with E-state index in [1.165, 1.54) is 0 Å². The van der Waals surface area contributed by atoms with Gasteiger partial charge in [0, 0.05) is 14.8 Å². The second-order valence-electron chi connectivity index (χ2n) is 3.65. The average molecular weight is 348 g/mol. The Balaban J connectivity index is 2.11. The van der Waals surface area contributed by atoms with Crippen molar-refractivity contribution in [3.8, 4) is 6.07 Å². The Morgan fingerprint density at radius 3 is 2.22 bits per heavy atom. The fourth-order valence-corrected chi connectivity index (χ4v) is 1.79. The number of rotatable bonds is 2. The summed E-state index contributed by atoms with van der Waals surface area (Å²) in [5.74, 6) is -0.156. The topological polar surface area (TPSA) is 52.9 Å². The summed E-state index contributed by atoms with van der Waals surface area (Å²) in [6.07, 6.45) is 0. The monoisotopic (exact) mass is 348 g/mol. The quantitative estimate of drug-likeness (QED) is 0.846. The second kappa shape index (κ2) is 5.65. The number of carbonyl (C=O) groups is 1. The summed E-state index contributed by atoms with van der Waals surface area (Å²) < 4.78 is 1.09. The van der Waals surface area contributed by atoms with E-state index in [1.54, 1.807) is 36.4 Å². The Kier molecular flexibility index (Phi) is 3.95. The predicted molar refractivity (Wildman–Crippen MR) is 78.3 cm³/mol. The molecule has 1 N–H and O–H groups in total. The molecule has 1 amide bonds. The van der Waals surface area contributed by atoms with Gasteiger partial charge in [-0.25, -0.2) is 0 Å². The molecule has 0 fully saturated rings. The standard InChI is InChI=1S/C14H9IN2O/c15-12-5-3-11(4-6-12)14(18)17-13-7-1-10(9-16)2-8-13/h1-8H,(H,17,18). The SMILES string of the molecule is N#Cc1ccc(NC(=O)c2ccc(I)cc2)cc1. The number of anilines is 1. The first-order valence-corrected chi connectivity index (χ1v) is 6.34. The smallest absolute Gasteiger partial charge is 0.255 e. The third-order valence-corrected chi connectivity index (χ3v) is 3.10. The fourth-order valence-electron chi connectivity index (χ4n) is 1.43. The van der Waals surface area contributed by atoms with E-state index in [1.807, 2.05) is 18.2 Å². The molecule has 0 atom stereocenters. The maximum atomic E-state index is 11.9. The molecule has 0 saturated heterocycles. The number of nitrogens with one attached hydrogen (secondary N) is 1. The lowest BCUT2D eigenvalue weighted by molar-refractivity contribution is 0.102. The van der Waals surface area contributed by atoms with Crippen LogP contribution in [0, 0.1) is 14.9 Å². The van der Waals surface area contributed by atoms with Crippen molar-refractivity contribution in [1.82, 2.24) is 0 Å². The van der Waals surface area contributed by atoms with Crippen LogP contribution in [0.4, 0.5) is 5.69 Å². The van der Waals surface area contributed by atoms with Crippen molar-refractivity contribution >= 4 is 34.2 Å². The number of nitriles is 1. The zero-order chi connectivity index (χ0) is 13.0. The molecule has 0 unspecified atom stereocenters. The highest BCUT2D eigenvalue weighted by atomic mass is 127. The van der Waals surface area contributed by atoms with Crippen LogP contribution in [0.1, 0.15) is 15.9 Å². The minimum absolute atomic E-state index is 0.156. The molecule has 2 aromatic rings. The molecule has 0 bridgehead atoms. The summed E-state index contributed by atoms with van der Waals surface area (Å²) in [5, 5.41) is 11.5. The highest BCUT2D eigenvalue weighted by Crippen LogP contribution is 2.12. The minimum Gasteiger partial charge on any atom is -0.322 e. The molecule has 3 nitrogen and oxygen atoms in total. The number of amides is 1. The van der Waals surface area contributed by atoms with Crippen LogP contribution in [0.15, 0.2) is 48.5 Å². The largest absolute Gasteiger partial charge is 0.322 e. The van der Waals surface area contributed by atoms with Gasteiger partial charge in [0.05, 0.1) is 11.6 Å². The molecule has 0 saturated carbocycles. The van der Waals surface area contributed by atoms with E-state index in [0.717, 1.165) is 3.57 Å². The summed E-state index contributed by atoms with van der Waals surface area (Å²) in [4.78, 5) is 11.9.